The molecule has 0 spiro atoms. The lowest BCUT2D eigenvalue weighted by molar-refractivity contribution is 0.102. The van der Waals surface area contributed by atoms with Crippen LogP contribution in [0.3, 0.4) is 0 Å². The van der Waals surface area contributed by atoms with Crippen LogP contribution in [0.15, 0.2) is 71.1 Å². The monoisotopic (exact) mass is 366 g/mol. The van der Waals surface area contributed by atoms with E-state index < -0.39 is 11.7 Å². The molecule has 0 atom stereocenters. The summed E-state index contributed by atoms with van der Waals surface area (Å²) < 4.78 is 19.5. The highest BCUT2D eigenvalue weighted by atomic mass is 35.5. The Hall–Kier alpha value is -3.18. The van der Waals surface area contributed by atoms with Gasteiger partial charge in [-0.2, -0.15) is 0 Å². The number of nitrogens with zero attached hydrogens (tertiary/aromatic N) is 1. The molecule has 1 heterocycles. The van der Waals surface area contributed by atoms with Gasteiger partial charge in [0.15, 0.2) is 5.58 Å². The third kappa shape index (κ3) is 3.05. The number of amides is 1. The van der Waals surface area contributed by atoms with Crippen LogP contribution in [0.2, 0.25) is 5.02 Å². The Morgan fingerprint density at radius 3 is 2.62 bits per heavy atom. The fourth-order valence-corrected chi connectivity index (χ4v) is 2.75. The van der Waals surface area contributed by atoms with E-state index in [0.717, 1.165) is 5.52 Å². The molecule has 4 nitrogen and oxygen atoms in total. The van der Waals surface area contributed by atoms with Gasteiger partial charge in [0.05, 0.1) is 16.3 Å². The molecule has 0 aliphatic rings. The standard InChI is InChI=1S/C20H12ClFN2O2/c21-14-10-9-12(20-24-16-7-3-4-8-18(16)26-20)11-17(14)23-19(25)13-5-1-2-6-15(13)22/h1-11H,(H,23,25). The second-order valence-electron chi connectivity index (χ2n) is 5.62. The Kier molecular flexibility index (Phi) is 4.14. The minimum Gasteiger partial charge on any atom is -0.436 e. The molecule has 0 saturated heterocycles. The van der Waals surface area contributed by atoms with Crippen LogP contribution < -0.4 is 5.32 Å². The fourth-order valence-electron chi connectivity index (χ4n) is 2.58. The number of carbonyl (C=O) groups is 1. The number of aromatic nitrogens is 1. The smallest absolute Gasteiger partial charge is 0.258 e. The van der Waals surface area contributed by atoms with E-state index >= 15 is 0 Å². The van der Waals surface area contributed by atoms with Crippen molar-refractivity contribution in [2.24, 2.45) is 0 Å². The molecule has 0 fully saturated rings. The van der Waals surface area contributed by atoms with Crippen LogP contribution in [0.25, 0.3) is 22.6 Å². The Labute approximate surface area is 153 Å². The van der Waals surface area contributed by atoms with Crippen LogP contribution in [-0.2, 0) is 0 Å². The normalized spacial score (nSPS) is 10.8. The maximum atomic E-state index is 13.8. The summed E-state index contributed by atoms with van der Waals surface area (Å²) in [5.41, 5.74) is 2.33. The Morgan fingerprint density at radius 2 is 1.81 bits per heavy atom. The predicted molar refractivity (Wildman–Crippen MR) is 98.8 cm³/mol. The SMILES string of the molecule is O=C(Nc1cc(-c2nc3ccccc3o2)ccc1Cl)c1ccccc1F. The zero-order chi connectivity index (χ0) is 18.1. The highest BCUT2D eigenvalue weighted by Gasteiger charge is 2.15. The Morgan fingerprint density at radius 1 is 1.04 bits per heavy atom. The number of fused-ring (bicyclic) bond motifs is 1. The van der Waals surface area contributed by atoms with Crippen molar-refractivity contribution in [3.8, 4) is 11.5 Å². The zero-order valence-corrected chi connectivity index (χ0v) is 14.1. The van der Waals surface area contributed by atoms with E-state index in [0.29, 0.717) is 27.7 Å². The highest BCUT2D eigenvalue weighted by molar-refractivity contribution is 6.34. The number of para-hydroxylation sites is 2. The maximum Gasteiger partial charge on any atom is 0.258 e. The molecule has 3 aromatic carbocycles. The van der Waals surface area contributed by atoms with Gasteiger partial charge in [0.2, 0.25) is 5.89 Å². The molecule has 6 heteroatoms. The number of hydrogen-bond donors (Lipinski definition) is 1. The van der Waals surface area contributed by atoms with Gasteiger partial charge in [-0.15, -0.1) is 0 Å². The number of hydrogen-bond acceptors (Lipinski definition) is 3. The van der Waals surface area contributed by atoms with Crippen LogP contribution in [0.4, 0.5) is 10.1 Å². The second-order valence-corrected chi connectivity index (χ2v) is 6.02. The van der Waals surface area contributed by atoms with E-state index in [4.69, 9.17) is 16.0 Å². The lowest BCUT2D eigenvalue weighted by Gasteiger charge is -2.09. The number of oxazole rings is 1. The topological polar surface area (TPSA) is 55.1 Å². The summed E-state index contributed by atoms with van der Waals surface area (Å²) in [6.45, 7) is 0. The first-order chi connectivity index (χ1) is 12.6. The molecular weight excluding hydrogens is 355 g/mol. The lowest BCUT2D eigenvalue weighted by atomic mass is 10.1. The average molecular weight is 367 g/mol. The molecule has 4 aromatic rings. The summed E-state index contributed by atoms with van der Waals surface area (Å²) in [5, 5.41) is 2.96. The van der Waals surface area contributed by atoms with E-state index in [-0.39, 0.29) is 5.56 Å². The van der Waals surface area contributed by atoms with Crippen LogP contribution in [-0.4, -0.2) is 10.9 Å². The second kappa shape index (κ2) is 6.61. The summed E-state index contributed by atoms with van der Waals surface area (Å²) in [5.74, 6) is -0.778. The molecule has 0 aliphatic heterocycles. The zero-order valence-electron chi connectivity index (χ0n) is 13.4. The number of nitrogens with one attached hydrogen (secondary N) is 1. The van der Waals surface area contributed by atoms with Crippen LogP contribution in [0.1, 0.15) is 10.4 Å². The fraction of sp³-hybridized carbons (Fsp3) is 0. The molecule has 1 aromatic heterocycles. The number of rotatable bonds is 3. The molecule has 26 heavy (non-hydrogen) atoms. The van der Waals surface area contributed by atoms with Crippen LogP contribution in [0.5, 0.6) is 0 Å². The van der Waals surface area contributed by atoms with Gasteiger partial charge < -0.3 is 9.73 Å². The number of halogens is 2. The van der Waals surface area contributed by atoms with Crippen LogP contribution in [0, 0.1) is 5.82 Å². The molecule has 4 rings (SSSR count). The summed E-state index contributed by atoms with van der Waals surface area (Å²) in [4.78, 5) is 16.7. The lowest BCUT2D eigenvalue weighted by Crippen LogP contribution is -2.14. The summed E-state index contributed by atoms with van der Waals surface area (Å²) in [6, 6.07) is 18.2. The van der Waals surface area contributed by atoms with Gasteiger partial charge in [-0.3, -0.25) is 4.79 Å². The molecule has 0 unspecified atom stereocenters. The van der Waals surface area contributed by atoms with Crippen molar-refractivity contribution in [3.63, 3.8) is 0 Å². The van der Waals surface area contributed by atoms with Crippen LogP contribution >= 0.6 is 11.6 Å². The maximum absolute atomic E-state index is 13.8. The van der Waals surface area contributed by atoms with E-state index in [1.807, 2.05) is 24.3 Å². The first-order valence-corrected chi connectivity index (χ1v) is 8.21. The minimum atomic E-state index is -0.601. The third-order valence-electron chi connectivity index (χ3n) is 3.87. The van der Waals surface area contributed by atoms with E-state index in [9.17, 15) is 9.18 Å². The summed E-state index contributed by atoms with van der Waals surface area (Å²) in [6.07, 6.45) is 0. The molecular formula is C20H12ClFN2O2. The summed E-state index contributed by atoms with van der Waals surface area (Å²) >= 11 is 6.17. The molecule has 0 radical (unpaired) electrons. The average Bonchev–Trinajstić information content (AvgIpc) is 3.08. The van der Waals surface area contributed by atoms with Crippen molar-refractivity contribution >= 4 is 34.3 Å². The van der Waals surface area contributed by atoms with Gasteiger partial charge in [0.1, 0.15) is 11.3 Å². The van der Waals surface area contributed by atoms with Gasteiger partial charge in [-0.05, 0) is 42.5 Å². The summed E-state index contributed by atoms with van der Waals surface area (Å²) in [7, 11) is 0. The van der Waals surface area contributed by atoms with E-state index in [2.05, 4.69) is 10.3 Å². The number of carbonyl (C=O) groups excluding carboxylic acids is 1. The molecule has 0 bridgehead atoms. The molecule has 0 saturated carbocycles. The van der Waals surface area contributed by atoms with Gasteiger partial charge >= 0.3 is 0 Å². The first kappa shape index (κ1) is 16.3. The molecule has 1 amide bonds. The number of benzene rings is 3. The van der Waals surface area contributed by atoms with Gasteiger partial charge in [0.25, 0.3) is 5.91 Å². The Bertz CT molecular complexity index is 1090. The van der Waals surface area contributed by atoms with Crippen molar-refractivity contribution in [2.45, 2.75) is 0 Å². The van der Waals surface area contributed by atoms with Crippen molar-refractivity contribution in [3.05, 3.63) is 83.1 Å². The van der Waals surface area contributed by atoms with E-state index in [1.54, 1.807) is 24.3 Å². The van der Waals surface area contributed by atoms with Crippen molar-refractivity contribution in [1.82, 2.24) is 4.98 Å². The third-order valence-corrected chi connectivity index (χ3v) is 4.20. The molecule has 0 aliphatic carbocycles. The highest BCUT2D eigenvalue weighted by Crippen LogP contribution is 2.30. The minimum absolute atomic E-state index is 0.0594. The van der Waals surface area contributed by atoms with E-state index in [1.165, 1.54) is 18.2 Å². The van der Waals surface area contributed by atoms with Gasteiger partial charge in [-0.1, -0.05) is 35.9 Å². The largest absolute Gasteiger partial charge is 0.436 e. The van der Waals surface area contributed by atoms with Crippen molar-refractivity contribution < 1.29 is 13.6 Å². The van der Waals surface area contributed by atoms with Gasteiger partial charge in [0, 0.05) is 5.56 Å². The molecule has 1 N–H and O–H groups in total. The van der Waals surface area contributed by atoms with Gasteiger partial charge in [-0.25, -0.2) is 9.37 Å². The quantitative estimate of drug-likeness (QED) is 0.518. The first-order valence-electron chi connectivity index (χ1n) is 7.83. The number of anilines is 1. The van der Waals surface area contributed by atoms with Crippen molar-refractivity contribution in [2.75, 3.05) is 5.32 Å². The Balaban J connectivity index is 1.68. The predicted octanol–water partition coefficient (Wildman–Crippen LogP) is 5.54. The molecule has 128 valence electrons. The van der Waals surface area contributed by atoms with Crippen molar-refractivity contribution in [1.29, 1.82) is 0 Å².